The number of likely N-dealkylation sites (tertiary alicyclic amines) is 2. The van der Waals surface area contributed by atoms with E-state index in [2.05, 4.69) is 49.1 Å². The Balaban J connectivity index is 1.45. The van der Waals surface area contributed by atoms with Gasteiger partial charge in [0.05, 0.1) is 25.4 Å². The molecule has 2 atom stereocenters. The maximum atomic E-state index is 13.1. The minimum absolute atomic E-state index is 0.0169. The lowest BCUT2D eigenvalue weighted by atomic mass is 9.95. The molecule has 0 bridgehead atoms. The van der Waals surface area contributed by atoms with Crippen molar-refractivity contribution < 1.29 is 19.2 Å². The lowest BCUT2D eigenvalue weighted by Crippen LogP contribution is -2.53. The number of H-pyrrole nitrogens is 1. The van der Waals surface area contributed by atoms with Crippen molar-refractivity contribution >= 4 is 28.7 Å². The van der Waals surface area contributed by atoms with Gasteiger partial charge in [-0.05, 0) is 56.3 Å². The molecule has 238 valence electrons. The molecule has 1 amide bonds. The lowest BCUT2D eigenvalue weighted by Gasteiger charge is -2.46. The smallest absolute Gasteiger partial charge is 0.328 e. The topological polar surface area (TPSA) is 161 Å². The van der Waals surface area contributed by atoms with Gasteiger partial charge in [0.15, 0.2) is 17.2 Å². The first kappa shape index (κ1) is 31.8. The van der Waals surface area contributed by atoms with Gasteiger partial charge in [0.1, 0.15) is 12.1 Å². The molecule has 0 aliphatic carbocycles. The van der Waals surface area contributed by atoms with Crippen LogP contribution in [0.3, 0.4) is 0 Å². The zero-order valence-corrected chi connectivity index (χ0v) is 25.7. The predicted molar refractivity (Wildman–Crippen MR) is 166 cm³/mol. The van der Waals surface area contributed by atoms with Crippen molar-refractivity contribution in [3.05, 3.63) is 45.9 Å². The number of unbranched alkanes of at least 4 members (excludes halogenated alkanes) is 1. The minimum atomic E-state index is -0.362. The zero-order valence-electron chi connectivity index (χ0n) is 25.7. The second-order valence-electron chi connectivity index (χ2n) is 11.7. The van der Waals surface area contributed by atoms with Crippen LogP contribution in [0, 0.1) is 0 Å². The number of piperidine rings is 2. The highest BCUT2D eigenvalue weighted by Gasteiger charge is 2.37. The number of anilines is 1. The summed E-state index contributed by atoms with van der Waals surface area (Å²) in [5.74, 6) is 5.19. The maximum Gasteiger partial charge on any atom is 0.328 e. The van der Waals surface area contributed by atoms with Crippen LogP contribution in [0.1, 0.15) is 82.5 Å². The van der Waals surface area contributed by atoms with Crippen molar-refractivity contribution in [3.8, 4) is 6.01 Å². The summed E-state index contributed by atoms with van der Waals surface area (Å²) < 4.78 is 7.26. The summed E-state index contributed by atoms with van der Waals surface area (Å²) in [7, 11) is 0. The Kier molecular flexibility index (Phi) is 10.7. The first-order valence-electron chi connectivity index (χ1n) is 15.7. The SMILES string of the molecule is CCCCOc1nc(NC(C)=O)c2[nH]c(=O)n(Cc3ccc(C(N4CCCCC4)N4CCCCC4C(=O)CON)cc3)c2n1. The van der Waals surface area contributed by atoms with E-state index < -0.39 is 0 Å². The number of rotatable bonds is 13. The standard InChI is InChI=1S/C31H44N8O5/c1-3-4-18-43-30-35-27(33-21(2)40)26-28(36-30)39(31(42)34-26)19-22-11-13-23(14-12-22)29(37-15-7-5-8-16-37)38-17-9-6-10-24(38)25(41)20-44-32/h11-14,24,29H,3-10,15-20,32H2,1-2H3,(H,34,42)(H,33,35,36,40). The summed E-state index contributed by atoms with van der Waals surface area (Å²) in [4.78, 5) is 59.2. The van der Waals surface area contributed by atoms with E-state index >= 15 is 0 Å². The number of aromatic amines is 1. The van der Waals surface area contributed by atoms with E-state index in [9.17, 15) is 14.4 Å². The van der Waals surface area contributed by atoms with Crippen LogP contribution in [-0.4, -0.2) is 79.9 Å². The number of amides is 1. The molecule has 5 rings (SSSR count). The van der Waals surface area contributed by atoms with Crippen LogP contribution >= 0.6 is 0 Å². The molecule has 2 aliphatic heterocycles. The predicted octanol–water partition coefficient (Wildman–Crippen LogP) is 3.10. The number of nitrogens with two attached hydrogens (primary N) is 1. The third-order valence-corrected chi connectivity index (χ3v) is 8.44. The van der Waals surface area contributed by atoms with Gasteiger partial charge in [-0.2, -0.15) is 9.97 Å². The van der Waals surface area contributed by atoms with E-state index in [1.807, 2.05) is 12.1 Å². The van der Waals surface area contributed by atoms with Crippen LogP contribution in [0.15, 0.2) is 29.1 Å². The van der Waals surface area contributed by atoms with E-state index in [1.54, 1.807) is 0 Å². The van der Waals surface area contributed by atoms with Gasteiger partial charge in [0, 0.05) is 13.5 Å². The summed E-state index contributed by atoms with van der Waals surface area (Å²) in [6.07, 6.45) is 8.03. The van der Waals surface area contributed by atoms with Gasteiger partial charge in [0.2, 0.25) is 5.91 Å². The number of aromatic nitrogens is 4. The van der Waals surface area contributed by atoms with Gasteiger partial charge in [-0.1, -0.05) is 50.5 Å². The van der Waals surface area contributed by atoms with Crippen molar-refractivity contribution in [2.75, 3.05) is 38.2 Å². The van der Waals surface area contributed by atoms with Gasteiger partial charge in [-0.25, -0.2) is 10.7 Å². The fourth-order valence-electron chi connectivity index (χ4n) is 6.31. The average molecular weight is 609 g/mol. The quantitative estimate of drug-likeness (QED) is 0.194. The van der Waals surface area contributed by atoms with Crippen LogP contribution in [0.2, 0.25) is 0 Å². The maximum absolute atomic E-state index is 13.1. The Hall–Kier alpha value is -3.65. The zero-order chi connectivity index (χ0) is 31.1. The number of benzene rings is 1. The van der Waals surface area contributed by atoms with Crippen LogP contribution < -0.4 is 21.6 Å². The Morgan fingerprint density at radius 2 is 1.84 bits per heavy atom. The Morgan fingerprint density at radius 3 is 2.55 bits per heavy atom. The summed E-state index contributed by atoms with van der Waals surface area (Å²) in [5.41, 5.74) is 2.35. The van der Waals surface area contributed by atoms with Crippen LogP contribution in [0.25, 0.3) is 11.2 Å². The Bertz CT molecular complexity index is 1480. The molecule has 0 saturated carbocycles. The Morgan fingerprint density at radius 1 is 1.09 bits per heavy atom. The molecule has 2 saturated heterocycles. The van der Waals surface area contributed by atoms with Crippen molar-refractivity contribution in [1.82, 2.24) is 29.3 Å². The van der Waals surface area contributed by atoms with Crippen LogP contribution in [0.4, 0.5) is 5.82 Å². The molecule has 2 aromatic heterocycles. The third-order valence-electron chi connectivity index (χ3n) is 8.44. The van der Waals surface area contributed by atoms with Crippen molar-refractivity contribution in [1.29, 1.82) is 0 Å². The number of fused-ring (bicyclic) bond motifs is 1. The second kappa shape index (κ2) is 14.9. The first-order valence-corrected chi connectivity index (χ1v) is 15.7. The second-order valence-corrected chi connectivity index (χ2v) is 11.7. The van der Waals surface area contributed by atoms with Crippen LogP contribution in [-0.2, 0) is 21.0 Å². The highest BCUT2D eigenvalue weighted by atomic mass is 16.6. The summed E-state index contributed by atoms with van der Waals surface area (Å²) >= 11 is 0. The number of hydrogen-bond donors (Lipinski definition) is 3. The number of nitrogens with one attached hydrogen (secondary N) is 2. The van der Waals surface area contributed by atoms with E-state index in [1.165, 1.54) is 17.9 Å². The van der Waals surface area contributed by atoms with Gasteiger partial charge < -0.3 is 15.0 Å². The summed E-state index contributed by atoms with van der Waals surface area (Å²) in [6, 6.07) is 8.11. The monoisotopic (exact) mass is 608 g/mol. The molecule has 2 aliphatic rings. The molecule has 0 radical (unpaired) electrons. The van der Waals surface area contributed by atoms with Crippen molar-refractivity contribution in [2.24, 2.45) is 5.90 Å². The average Bonchev–Trinajstić information content (AvgIpc) is 3.33. The molecular weight excluding hydrogens is 564 g/mol. The molecule has 3 aromatic rings. The lowest BCUT2D eigenvalue weighted by molar-refractivity contribution is -0.134. The number of Topliss-reactive ketones (excluding diaryl/α,β-unsaturated/α-hetero) is 1. The highest BCUT2D eigenvalue weighted by Crippen LogP contribution is 2.34. The number of carbonyl (C=O) groups excluding carboxylic acids is 2. The number of imidazole rings is 1. The first-order chi connectivity index (χ1) is 21.4. The number of ketones is 1. The number of ether oxygens (including phenoxy) is 1. The largest absolute Gasteiger partial charge is 0.463 e. The number of carbonyl (C=O) groups is 2. The molecule has 1 aromatic carbocycles. The normalized spacial score (nSPS) is 18.8. The highest BCUT2D eigenvalue weighted by molar-refractivity contribution is 5.95. The fraction of sp³-hybridized carbons (Fsp3) is 0.581. The summed E-state index contributed by atoms with van der Waals surface area (Å²) in [5, 5.41) is 2.68. The van der Waals surface area contributed by atoms with E-state index in [0.717, 1.165) is 75.7 Å². The molecule has 0 spiro atoms. The third kappa shape index (κ3) is 7.34. The van der Waals surface area contributed by atoms with Gasteiger partial charge in [-0.15, -0.1) is 0 Å². The van der Waals surface area contributed by atoms with Gasteiger partial charge >= 0.3 is 11.7 Å². The van der Waals surface area contributed by atoms with Crippen molar-refractivity contribution in [2.45, 2.75) is 84.0 Å². The van der Waals surface area contributed by atoms with Crippen LogP contribution in [0.5, 0.6) is 6.01 Å². The molecule has 44 heavy (non-hydrogen) atoms. The molecule has 4 heterocycles. The molecular formula is C31H44N8O5. The molecule has 4 N–H and O–H groups in total. The number of hydrogen-bond acceptors (Lipinski definition) is 10. The molecule has 2 fully saturated rings. The van der Waals surface area contributed by atoms with E-state index in [-0.39, 0.29) is 54.6 Å². The summed E-state index contributed by atoms with van der Waals surface area (Å²) in [6.45, 7) is 6.81. The van der Waals surface area contributed by atoms with E-state index in [0.29, 0.717) is 17.8 Å². The number of nitrogens with zero attached hydrogens (tertiary/aromatic N) is 5. The van der Waals surface area contributed by atoms with Gasteiger partial charge in [0.25, 0.3) is 0 Å². The molecule has 2 unspecified atom stereocenters. The molecule has 13 nitrogen and oxygen atoms in total. The van der Waals surface area contributed by atoms with Gasteiger partial charge in [-0.3, -0.25) is 28.8 Å². The Labute approximate surface area is 257 Å². The molecule has 13 heteroatoms. The van der Waals surface area contributed by atoms with E-state index in [4.69, 9.17) is 15.5 Å². The minimum Gasteiger partial charge on any atom is -0.463 e. The van der Waals surface area contributed by atoms with Crippen molar-refractivity contribution in [3.63, 3.8) is 0 Å². The fourth-order valence-corrected chi connectivity index (χ4v) is 6.31.